The maximum atomic E-state index is 12.9. The zero-order chi connectivity index (χ0) is 27.3. The number of aliphatic carboxylic acids is 1. The number of aromatic nitrogens is 2. The standard InChI is InChI=1S/C21H37N9O6/c1-11(2)6-14(28-17(32)13(22)4-3-5-26-21(23)24)18(33)30-16(9-31)19(34)29-15(20(35)36)7-12-8-25-10-27-12/h8,10-11,13-16,31H,3-7,9,22H2,1-2H3,(H,25,27)(H,28,32)(H,29,34)(H,30,33)(H,35,36)(H4,23,24,26). The Hall–Kier alpha value is -3.72. The molecule has 0 aliphatic heterocycles. The van der Waals surface area contributed by atoms with Crippen LogP contribution in [0.3, 0.4) is 0 Å². The summed E-state index contributed by atoms with van der Waals surface area (Å²) in [6.45, 7) is 3.18. The molecule has 15 heteroatoms. The van der Waals surface area contributed by atoms with Crippen molar-refractivity contribution in [3.63, 3.8) is 0 Å². The molecule has 15 nitrogen and oxygen atoms in total. The van der Waals surface area contributed by atoms with Crippen molar-refractivity contribution in [3.8, 4) is 0 Å². The van der Waals surface area contributed by atoms with Gasteiger partial charge in [0, 0.05) is 24.9 Å². The number of hydrogen-bond donors (Lipinski definition) is 9. The number of aromatic amines is 1. The molecule has 12 N–H and O–H groups in total. The van der Waals surface area contributed by atoms with Gasteiger partial charge < -0.3 is 48.3 Å². The fraction of sp³-hybridized carbons (Fsp3) is 0.619. The Kier molecular flexibility index (Phi) is 12.9. The second-order valence-corrected chi connectivity index (χ2v) is 8.67. The molecule has 1 heterocycles. The number of carboxylic acids is 1. The highest BCUT2D eigenvalue weighted by Crippen LogP contribution is 2.07. The minimum Gasteiger partial charge on any atom is -0.480 e. The Morgan fingerprint density at radius 1 is 1.06 bits per heavy atom. The summed E-state index contributed by atoms with van der Waals surface area (Å²) in [7, 11) is 0. The summed E-state index contributed by atoms with van der Waals surface area (Å²) in [5, 5.41) is 26.3. The number of aliphatic hydroxyl groups excluding tert-OH is 1. The maximum Gasteiger partial charge on any atom is 0.326 e. The number of carbonyl (C=O) groups excluding carboxylic acids is 3. The molecular weight excluding hydrogens is 474 g/mol. The topological polar surface area (TPSA) is 264 Å². The monoisotopic (exact) mass is 511 g/mol. The van der Waals surface area contributed by atoms with Crippen molar-refractivity contribution in [2.45, 2.75) is 63.7 Å². The fourth-order valence-electron chi connectivity index (χ4n) is 3.19. The first kappa shape index (κ1) is 30.3. The summed E-state index contributed by atoms with van der Waals surface area (Å²) in [6.07, 6.45) is 3.65. The number of rotatable bonds is 16. The van der Waals surface area contributed by atoms with Crippen molar-refractivity contribution in [1.82, 2.24) is 25.9 Å². The van der Waals surface area contributed by atoms with Crippen molar-refractivity contribution >= 4 is 29.7 Å². The van der Waals surface area contributed by atoms with Gasteiger partial charge in [0.2, 0.25) is 17.7 Å². The van der Waals surface area contributed by atoms with Crippen LogP contribution in [0, 0.1) is 5.92 Å². The highest BCUT2D eigenvalue weighted by Gasteiger charge is 2.30. The van der Waals surface area contributed by atoms with E-state index in [-0.39, 0.29) is 31.1 Å². The molecule has 3 amide bonds. The minimum absolute atomic E-state index is 0.00802. The van der Waals surface area contributed by atoms with Crippen LogP contribution in [0.4, 0.5) is 0 Å². The fourth-order valence-corrected chi connectivity index (χ4v) is 3.19. The van der Waals surface area contributed by atoms with Gasteiger partial charge in [-0.15, -0.1) is 0 Å². The molecular formula is C21H37N9O6. The van der Waals surface area contributed by atoms with E-state index in [4.69, 9.17) is 17.2 Å². The molecule has 0 fully saturated rings. The van der Waals surface area contributed by atoms with Crippen LogP contribution in [0.1, 0.15) is 38.8 Å². The Morgan fingerprint density at radius 3 is 2.19 bits per heavy atom. The average Bonchev–Trinajstić information content (AvgIpc) is 3.31. The summed E-state index contributed by atoms with van der Waals surface area (Å²) in [4.78, 5) is 59.9. The van der Waals surface area contributed by atoms with E-state index in [9.17, 15) is 29.4 Å². The van der Waals surface area contributed by atoms with Crippen LogP contribution >= 0.6 is 0 Å². The molecule has 0 bridgehead atoms. The van der Waals surface area contributed by atoms with Crippen molar-refractivity contribution in [3.05, 3.63) is 18.2 Å². The first-order valence-electron chi connectivity index (χ1n) is 11.5. The summed E-state index contributed by atoms with van der Waals surface area (Å²) in [5.41, 5.74) is 16.9. The number of H-pyrrole nitrogens is 1. The lowest BCUT2D eigenvalue weighted by Gasteiger charge is -2.25. The van der Waals surface area contributed by atoms with E-state index in [1.807, 2.05) is 13.8 Å². The largest absolute Gasteiger partial charge is 0.480 e. The predicted molar refractivity (Wildman–Crippen MR) is 130 cm³/mol. The Labute approximate surface area is 208 Å². The van der Waals surface area contributed by atoms with Crippen molar-refractivity contribution in [2.75, 3.05) is 13.2 Å². The van der Waals surface area contributed by atoms with Crippen LogP contribution in [0.2, 0.25) is 0 Å². The van der Waals surface area contributed by atoms with Gasteiger partial charge in [0.25, 0.3) is 0 Å². The van der Waals surface area contributed by atoms with Gasteiger partial charge >= 0.3 is 5.97 Å². The number of imidazole rings is 1. The van der Waals surface area contributed by atoms with Crippen LogP contribution in [-0.2, 0) is 25.6 Å². The van der Waals surface area contributed by atoms with Crippen LogP contribution in [0.5, 0.6) is 0 Å². The van der Waals surface area contributed by atoms with Crippen molar-refractivity contribution < 1.29 is 29.4 Å². The van der Waals surface area contributed by atoms with Crippen molar-refractivity contribution in [2.24, 2.45) is 28.1 Å². The highest BCUT2D eigenvalue weighted by molar-refractivity contribution is 5.94. The van der Waals surface area contributed by atoms with E-state index in [0.29, 0.717) is 18.7 Å². The SMILES string of the molecule is CC(C)CC(NC(=O)C(N)CCCN=C(N)N)C(=O)NC(CO)C(=O)NC(Cc1cnc[nH]1)C(=O)O. The van der Waals surface area contributed by atoms with Gasteiger partial charge in [-0.05, 0) is 25.2 Å². The Bertz CT molecular complexity index is 886. The molecule has 202 valence electrons. The quantitative estimate of drug-likeness (QED) is 0.0613. The molecule has 0 aliphatic rings. The Morgan fingerprint density at radius 2 is 1.67 bits per heavy atom. The smallest absolute Gasteiger partial charge is 0.326 e. The third kappa shape index (κ3) is 11.1. The van der Waals surface area contributed by atoms with Crippen molar-refractivity contribution in [1.29, 1.82) is 0 Å². The zero-order valence-corrected chi connectivity index (χ0v) is 20.4. The molecule has 0 spiro atoms. The third-order valence-electron chi connectivity index (χ3n) is 5.05. The zero-order valence-electron chi connectivity index (χ0n) is 20.4. The van der Waals surface area contributed by atoms with E-state index < -0.39 is 54.5 Å². The van der Waals surface area contributed by atoms with Gasteiger partial charge in [-0.3, -0.25) is 19.4 Å². The summed E-state index contributed by atoms with van der Waals surface area (Å²) >= 11 is 0. The summed E-state index contributed by atoms with van der Waals surface area (Å²) < 4.78 is 0. The molecule has 4 atom stereocenters. The van der Waals surface area contributed by atoms with Crippen LogP contribution in [0.15, 0.2) is 17.5 Å². The molecule has 0 aromatic carbocycles. The Balaban J connectivity index is 2.78. The number of aliphatic imine (C=N–C) groups is 1. The molecule has 0 aliphatic carbocycles. The molecule has 1 rings (SSSR count). The minimum atomic E-state index is -1.44. The normalized spacial score (nSPS) is 14.2. The summed E-state index contributed by atoms with van der Waals surface area (Å²) in [5.74, 6) is -3.58. The van der Waals surface area contributed by atoms with E-state index in [1.54, 1.807) is 0 Å². The van der Waals surface area contributed by atoms with E-state index in [2.05, 4.69) is 30.9 Å². The lowest BCUT2D eigenvalue weighted by molar-refractivity contribution is -0.142. The molecule has 4 unspecified atom stereocenters. The predicted octanol–water partition coefficient (Wildman–Crippen LogP) is -3.09. The number of amides is 3. The number of guanidine groups is 1. The average molecular weight is 512 g/mol. The van der Waals surface area contributed by atoms with Gasteiger partial charge in [0.05, 0.1) is 19.0 Å². The van der Waals surface area contributed by atoms with E-state index in [0.717, 1.165) is 0 Å². The molecule has 0 saturated heterocycles. The number of aliphatic hydroxyl groups is 1. The number of nitrogens with one attached hydrogen (secondary N) is 4. The van der Waals surface area contributed by atoms with Gasteiger partial charge in [-0.2, -0.15) is 0 Å². The molecule has 1 aromatic heterocycles. The molecule has 0 saturated carbocycles. The molecule has 1 aromatic rings. The molecule has 36 heavy (non-hydrogen) atoms. The lowest BCUT2D eigenvalue weighted by Crippen LogP contribution is -2.58. The van der Waals surface area contributed by atoms with Gasteiger partial charge in [-0.1, -0.05) is 13.8 Å². The van der Waals surface area contributed by atoms with Crippen LogP contribution < -0.4 is 33.2 Å². The number of carboxylic acid groups (broad SMARTS) is 1. The number of nitrogens with zero attached hydrogens (tertiary/aromatic N) is 2. The van der Waals surface area contributed by atoms with Crippen LogP contribution in [-0.4, -0.2) is 87.2 Å². The number of nitrogens with two attached hydrogens (primary N) is 3. The summed E-state index contributed by atoms with van der Waals surface area (Å²) in [6, 6.07) is -4.73. The van der Waals surface area contributed by atoms with Gasteiger partial charge in [-0.25, -0.2) is 9.78 Å². The van der Waals surface area contributed by atoms with E-state index in [1.165, 1.54) is 12.5 Å². The third-order valence-corrected chi connectivity index (χ3v) is 5.05. The highest BCUT2D eigenvalue weighted by atomic mass is 16.4. The first-order chi connectivity index (χ1) is 16.9. The number of hydrogen-bond acceptors (Lipinski definition) is 8. The second kappa shape index (κ2) is 15.3. The first-order valence-corrected chi connectivity index (χ1v) is 11.5. The van der Waals surface area contributed by atoms with Gasteiger partial charge in [0.15, 0.2) is 5.96 Å². The maximum absolute atomic E-state index is 12.9. The van der Waals surface area contributed by atoms with Gasteiger partial charge in [0.1, 0.15) is 18.1 Å². The molecule has 0 radical (unpaired) electrons. The van der Waals surface area contributed by atoms with E-state index >= 15 is 0 Å². The van der Waals surface area contributed by atoms with Crippen LogP contribution in [0.25, 0.3) is 0 Å². The lowest BCUT2D eigenvalue weighted by atomic mass is 10.0. The number of carbonyl (C=O) groups is 4. The second-order valence-electron chi connectivity index (χ2n) is 8.67.